The molecule has 0 aliphatic carbocycles. The van der Waals surface area contributed by atoms with Crippen molar-refractivity contribution in [3.05, 3.63) is 116 Å². The van der Waals surface area contributed by atoms with Crippen molar-refractivity contribution in [3.8, 4) is 0 Å². The van der Waals surface area contributed by atoms with Gasteiger partial charge in [0.2, 0.25) is 11.6 Å². The van der Waals surface area contributed by atoms with Crippen LogP contribution in [0.3, 0.4) is 0 Å². The Bertz CT molecular complexity index is 3000. The highest BCUT2D eigenvalue weighted by Gasteiger charge is 2.47. The SMILES string of the molecule is O=C1c2c(Br)c(Br)c3c4c(Br)c(Br)c5c6c(c(Br)c(Br)c(c7c(Br)c(Br)c(c2c37)C(=O)N1c1c(F)c(F)c(F)c(F)c1F)c64)C(=O)N(c1c(F)c(F)c(F)c(F)c1F)C5=O. The first kappa shape index (κ1) is 42.6. The minimum atomic E-state index is -2.54. The summed E-state index contributed by atoms with van der Waals surface area (Å²) in [6, 6.07) is 0. The Morgan fingerprint density at radius 2 is 0.433 bits per heavy atom. The molecule has 0 aromatic heterocycles. The van der Waals surface area contributed by atoms with Gasteiger partial charge in [-0.1, -0.05) is 0 Å². The topological polar surface area (TPSA) is 74.8 Å². The Balaban J connectivity index is 1.47. The molecule has 6 nitrogen and oxygen atoms in total. The van der Waals surface area contributed by atoms with E-state index >= 15 is 17.6 Å². The molecule has 7 aromatic carbocycles. The number of hydrogen-bond donors (Lipinski definition) is 0. The van der Waals surface area contributed by atoms with Gasteiger partial charge >= 0.3 is 0 Å². The smallest absolute Gasteiger partial charge is 0.267 e. The first-order chi connectivity index (χ1) is 28.0. The van der Waals surface area contributed by atoms with Crippen LogP contribution in [-0.4, -0.2) is 23.6 Å². The third-order valence-electron chi connectivity index (χ3n) is 10.0. The van der Waals surface area contributed by atoms with Crippen LogP contribution in [0.5, 0.6) is 0 Å². The summed E-state index contributed by atoms with van der Waals surface area (Å²) in [5, 5.41) is 0.0549. The zero-order valence-corrected chi connectivity index (χ0v) is 40.0. The van der Waals surface area contributed by atoms with Crippen molar-refractivity contribution >= 4 is 206 Å². The van der Waals surface area contributed by atoms with Gasteiger partial charge in [0.05, 0.1) is 22.3 Å². The fourth-order valence-electron chi connectivity index (χ4n) is 7.62. The fourth-order valence-corrected chi connectivity index (χ4v) is 12.3. The molecule has 24 heteroatoms. The van der Waals surface area contributed by atoms with Gasteiger partial charge in [0.15, 0.2) is 46.5 Å². The lowest BCUT2D eigenvalue weighted by molar-refractivity contribution is 0.0873. The molecule has 60 heavy (non-hydrogen) atoms. The molecule has 2 heterocycles. The predicted molar refractivity (Wildman–Crippen MR) is 224 cm³/mol. The van der Waals surface area contributed by atoms with Crippen LogP contribution in [0.1, 0.15) is 41.4 Å². The van der Waals surface area contributed by atoms with Crippen molar-refractivity contribution in [2.45, 2.75) is 0 Å². The molecular formula is C36Br8F10N2O4. The van der Waals surface area contributed by atoms with Crippen molar-refractivity contribution in [2.75, 3.05) is 9.80 Å². The van der Waals surface area contributed by atoms with Crippen LogP contribution < -0.4 is 9.80 Å². The molecule has 2 aliphatic rings. The third kappa shape index (κ3) is 4.95. The average Bonchev–Trinajstić information content (AvgIpc) is 3.21. The first-order valence-corrected chi connectivity index (χ1v) is 21.9. The number of amides is 4. The summed E-state index contributed by atoms with van der Waals surface area (Å²) in [6.45, 7) is 0. The van der Waals surface area contributed by atoms with Gasteiger partial charge in [-0.2, -0.15) is 0 Å². The Morgan fingerprint density at radius 3 is 0.633 bits per heavy atom. The quantitative estimate of drug-likeness (QED) is 0.0432. The number of rotatable bonds is 2. The normalized spacial score (nSPS) is 14.2. The first-order valence-electron chi connectivity index (χ1n) is 15.6. The maximum absolute atomic E-state index is 15.3. The standard InChI is InChI=1S/C36Br8F10N2O4/c37-13-5-1-3-9(17(13)41)33(57)55(31-27(51)23(47)21(45)24(48)28(31)52)34(58)10(3)18(42)14(38)6(1)8-2-4-11(19(43)15(39)7(2)5)35(59)56(36(60)12(4)20(44)16(8)40)32-29(53)25(49)22(46)26(50)30(32)54. The highest BCUT2D eigenvalue weighted by molar-refractivity contribution is 9.14. The van der Waals surface area contributed by atoms with Crippen LogP contribution >= 0.6 is 127 Å². The molecule has 7 aromatic rings. The van der Waals surface area contributed by atoms with Crippen molar-refractivity contribution in [2.24, 2.45) is 0 Å². The summed E-state index contributed by atoms with van der Waals surface area (Å²) >= 11 is 26.9. The third-order valence-corrected chi connectivity index (χ3v) is 18.5. The Labute approximate surface area is 390 Å². The van der Waals surface area contributed by atoms with E-state index in [9.17, 15) is 45.5 Å². The van der Waals surface area contributed by atoms with E-state index in [0.717, 1.165) is 0 Å². The molecule has 0 atom stereocenters. The monoisotopic (exact) mass is 1350 g/mol. The van der Waals surface area contributed by atoms with Gasteiger partial charge in [0.1, 0.15) is 11.4 Å². The molecule has 4 amide bonds. The van der Waals surface area contributed by atoms with E-state index in [-0.39, 0.29) is 88.7 Å². The molecule has 0 bridgehead atoms. The Morgan fingerprint density at radius 1 is 0.250 bits per heavy atom. The summed E-state index contributed by atoms with van der Waals surface area (Å²) in [5.41, 5.74) is -5.73. The van der Waals surface area contributed by atoms with Crippen LogP contribution in [0.4, 0.5) is 55.3 Å². The van der Waals surface area contributed by atoms with Gasteiger partial charge in [-0.25, -0.2) is 53.7 Å². The average molecular weight is 1350 g/mol. The van der Waals surface area contributed by atoms with Gasteiger partial charge in [0, 0.05) is 78.9 Å². The summed E-state index contributed by atoms with van der Waals surface area (Å²) in [7, 11) is 0. The van der Waals surface area contributed by atoms with Crippen LogP contribution in [0.25, 0.3) is 43.1 Å². The zero-order chi connectivity index (χ0) is 43.9. The number of anilines is 2. The second kappa shape index (κ2) is 13.9. The molecule has 0 saturated carbocycles. The number of halogens is 18. The molecule has 0 N–H and O–H groups in total. The van der Waals surface area contributed by atoms with Crippen molar-refractivity contribution < 1.29 is 63.1 Å². The summed E-state index contributed by atoms with van der Waals surface area (Å²) in [4.78, 5) is 57.2. The van der Waals surface area contributed by atoms with E-state index in [1.54, 1.807) is 0 Å². The maximum Gasteiger partial charge on any atom is 0.267 e. The number of fused-ring (bicyclic) bond motifs is 2. The van der Waals surface area contributed by atoms with Crippen molar-refractivity contribution in [1.29, 1.82) is 0 Å². The lowest BCUT2D eigenvalue weighted by Gasteiger charge is -2.33. The van der Waals surface area contributed by atoms with E-state index in [4.69, 9.17) is 0 Å². The summed E-state index contributed by atoms with van der Waals surface area (Å²) in [6.07, 6.45) is 0. The Hall–Kier alpha value is -2.74. The second-order valence-electron chi connectivity index (χ2n) is 12.7. The lowest BCUT2D eigenvalue weighted by Crippen LogP contribution is -2.43. The predicted octanol–water partition coefficient (Wildman–Crippen LogP) is 14.8. The summed E-state index contributed by atoms with van der Waals surface area (Å²) in [5.74, 6) is -30.9. The highest BCUT2D eigenvalue weighted by atomic mass is 79.9. The van der Waals surface area contributed by atoms with E-state index in [2.05, 4.69) is 127 Å². The fraction of sp³-hybridized carbons (Fsp3) is 0. The van der Waals surface area contributed by atoms with Crippen molar-refractivity contribution in [1.82, 2.24) is 0 Å². The van der Waals surface area contributed by atoms with Crippen LogP contribution in [0, 0.1) is 58.2 Å². The molecule has 0 fully saturated rings. The van der Waals surface area contributed by atoms with E-state index in [1.807, 2.05) is 0 Å². The zero-order valence-electron chi connectivity index (χ0n) is 27.3. The van der Waals surface area contributed by atoms with Gasteiger partial charge < -0.3 is 0 Å². The van der Waals surface area contributed by atoms with Gasteiger partial charge in [-0.3, -0.25) is 19.2 Å². The molecule has 0 unspecified atom stereocenters. The van der Waals surface area contributed by atoms with Crippen LogP contribution in [0.2, 0.25) is 0 Å². The molecule has 0 radical (unpaired) electrons. The molecule has 0 saturated heterocycles. The largest absolute Gasteiger partial charge is 0.268 e. The summed E-state index contributed by atoms with van der Waals surface area (Å²) < 4.78 is 146. The van der Waals surface area contributed by atoms with Crippen LogP contribution in [0.15, 0.2) is 35.8 Å². The molecule has 2 aliphatic heterocycles. The minimum absolute atomic E-state index is 0.0381. The number of carbonyl (C=O) groups is 4. The van der Waals surface area contributed by atoms with Gasteiger partial charge in [-0.15, -0.1) is 0 Å². The highest BCUT2D eigenvalue weighted by Crippen LogP contribution is 2.60. The second-order valence-corrected chi connectivity index (χ2v) is 19.1. The minimum Gasteiger partial charge on any atom is -0.268 e. The molecule has 304 valence electrons. The number of benzene rings is 7. The number of carbonyl (C=O) groups excluding carboxylic acids is 4. The van der Waals surface area contributed by atoms with Crippen molar-refractivity contribution in [3.63, 3.8) is 0 Å². The van der Waals surface area contributed by atoms with Gasteiger partial charge in [-0.05, 0) is 127 Å². The van der Waals surface area contributed by atoms with E-state index in [0.29, 0.717) is 0 Å². The lowest BCUT2D eigenvalue weighted by atomic mass is 9.82. The van der Waals surface area contributed by atoms with E-state index in [1.165, 1.54) is 0 Å². The van der Waals surface area contributed by atoms with Gasteiger partial charge in [0.25, 0.3) is 23.6 Å². The molecule has 9 rings (SSSR count). The van der Waals surface area contributed by atoms with E-state index < -0.39 is 115 Å². The maximum atomic E-state index is 15.3. The Kier molecular flexibility index (Phi) is 9.84. The number of imide groups is 2. The molecular weight excluding hydrogens is 1350 g/mol. The number of hydrogen-bond acceptors (Lipinski definition) is 4. The molecule has 0 spiro atoms. The van der Waals surface area contributed by atoms with Crippen LogP contribution in [-0.2, 0) is 0 Å². The number of nitrogens with zero attached hydrogens (tertiary/aromatic N) is 2.